The Labute approximate surface area is 117 Å². The van der Waals surface area contributed by atoms with E-state index in [1.165, 1.54) is 0 Å². The molecule has 0 aliphatic carbocycles. The fourth-order valence-electron chi connectivity index (χ4n) is 1.88. The topological polar surface area (TPSA) is 37.5 Å². The Morgan fingerprint density at radius 2 is 2.11 bits per heavy atom. The number of aliphatic hydroxyl groups is 1. The molecule has 0 aliphatic rings. The number of benzene rings is 1. The zero-order valence-electron chi connectivity index (χ0n) is 9.45. The van der Waals surface area contributed by atoms with Gasteiger partial charge in [-0.25, -0.2) is 4.98 Å². The van der Waals surface area contributed by atoms with Gasteiger partial charge in [-0.1, -0.05) is 28.1 Å². The number of rotatable bonds is 3. The maximum atomic E-state index is 10.2. The van der Waals surface area contributed by atoms with Gasteiger partial charge >= 0.3 is 0 Å². The second-order valence-electron chi connectivity index (χ2n) is 4.10. The van der Waals surface area contributed by atoms with E-state index < -0.39 is 6.10 Å². The summed E-state index contributed by atoms with van der Waals surface area (Å²) in [5.41, 5.74) is 1.83. The van der Waals surface area contributed by atoms with Crippen LogP contribution in [0.15, 0.2) is 46.5 Å². The summed E-state index contributed by atoms with van der Waals surface area (Å²) in [7, 11) is 0. The molecule has 1 aromatic carbocycles. The van der Waals surface area contributed by atoms with Crippen LogP contribution in [-0.2, 0) is 6.42 Å². The Hall–Kier alpha value is -1.17. The highest BCUT2D eigenvalue weighted by Gasteiger charge is 2.11. The van der Waals surface area contributed by atoms with Gasteiger partial charge < -0.3 is 5.11 Å². The zero-order valence-corrected chi connectivity index (χ0v) is 11.9. The Morgan fingerprint density at radius 3 is 2.83 bits per heavy atom. The van der Waals surface area contributed by atoms with E-state index in [4.69, 9.17) is 0 Å². The van der Waals surface area contributed by atoms with Crippen molar-refractivity contribution < 1.29 is 5.11 Å². The van der Waals surface area contributed by atoms with Crippen LogP contribution in [0.1, 0.15) is 17.4 Å². The quantitative estimate of drug-likeness (QED) is 0.802. The summed E-state index contributed by atoms with van der Waals surface area (Å²) in [6.45, 7) is 0. The first-order valence-electron chi connectivity index (χ1n) is 5.57. The average molecular weight is 323 g/mol. The number of hydrogen-bond donors (Lipinski definition) is 1. The van der Waals surface area contributed by atoms with Crippen molar-refractivity contribution in [1.82, 2.24) is 9.38 Å². The van der Waals surface area contributed by atoms with Gasteiger partial charge in [0.05, 0.1) is 11.8 Å². The van der Waals surface area contributed by atoms with E-state index in [0.717, 1.165) is 20.7 Å². The van der Waals surface area contributed by atoms with Gasteiger partial charge in [0.2, 0.25) is 0 Å². The number of aliphatic hydroxyl groups excluding tert-OH is 1. The van der Waals surface area contributed by atoms with Crippen LogP contribution >= 0.6 is 27.3 Å². The summed E-state index contributed by atoms with van der Waals surface area (Å²) >= 11 is 4.98. The third kappa shape index (κ3) is 2.34. The van der Waals surface area contributed by atoms with Crippen molar-refractivity contribution in [1.29, 1.82) is 0 Å². The molecule has 2 aromatic heterocycles. The molecule has 1 atom stereocenters. The summed E-state index contributed by atoms with van der Waals surface area (Å²) in [6.07, 6.45) is 3.97. The second-order valence-corrected chi connectivity index (χ2v) is 5.89. The molecule has 1 N–H and O–H groups in total. The van der Waals surface area contributed by atoms with Crippen molar-refractivity contribution in [2.24, 2.45) is 0 Å². The van der Waals surface area contributed by atoms with Crippen molar-refractivity contribution in [2.45, 2.75) is 12.5 Å². The summed E-state index contributed by atoms with van der Waals surface area (Å²) < 4.78 is 3.00. The molecular formula is C13H11BrN2OS. The van der Waals surface area contributed by atoms with Crippen LogP contribution in [0, 0.1) is 0 Å². The Balaban J connectivity index is 1.79. The first-order chi connectivity index (χ1) is 8.72. The third-order valence-corrected chi connectivity index (χ3v) is 4.10. The molecule has 3 aromatic rings. The van der Waals surface area contributed by atoms with Crippen LogP contribution in [0.5, 0.6) is 0 Å². The maximum Gasteiger partial charge on any atom is 0.193 e. The molecule has 0 aliphatic heterocycles. The summed E-state index contributed by atoms with van der Waals surface area (Å²) in [5.74, 6) is 0. The van der Waals surface area contributed by atoms with E-state index in [0.29, 0.717) is 6.42 Å². The van der Waals surface area contributed by atoms with Gasteiger partial charge in [-0.05, 0) is 17.7 Å². The standard InChI is InChI=1S/C13H11BrN2OS/c14-10-3-1-9(2-4-10)12(17)7-11-8-16-5-6-18-13(16)15-11/h1-6,8,12,17H,7H2. The first kappa shape index (κ1) is 11.9. The van der Waals surface area contributed by atoms with E-state index in [1.54, 1.807) is 11.3 Å². The van der Waals surface area contributed by atoms with E-state index >= 15 is 0 Å². The number of fused-ring (bicyclic) bond motifs is 1. The van der Waals surface area contributed by atoms with Gasteiger partial charge in [-0.3, -0.25) is 4.40 Å². The Morgan fingerprint density at radius 1 is 1.33 bits per heavy atom. The third-order valence-electron chi connectivity index (χ3n) is 2.80. The molecule has 0 spiro atoms. The average Bonchev–Trinajstić information content (AvgIpc) is 2.90. The molecule has 3 nitrogen and oxygen atoms in total. The zero-order chi connectivity index (χ0) is 12.5. The van der Waals surface area contributed by atoms with Gasteiger partial charge in [0.25, 0.3) is 0 Å². The normalized spacial score (nSPS) is 13.0. The molecule has 0 bridgehead atoms. The van der Waals surface area contributed by atoms with Gasteiger partial charge in [-0.2, -0.15) is 0 Å². The number of nitrogens with zero attached hydrogens (tertiary/aromatic N) is 2. The van der Waals surface area contributed by atoms with Crippen molar-refractivity contribution >= 4 is 32.2 Å². The predicted octanol–water partition coefficient (Wildman–Crippen LogP) is 3.43. The molecule has 0 fully saturated rings. The molecule has 92 valence electrons. The lowest BCUT2D eigenvalue weighted by atomic mass is 10.1. The van der Waals surface area contributed by atoms with Gasteiger partial charge in [0.15, 0.2) is 4.96 Å². The number of halogens is 1. The minimum atomic E-state index is -0.511. The lowest BCUT2D eigenvalue weighted by Crippen LogP contribution is -2.01. The number of hydrogen-bond acceptors (Lipinski definition) is 3. The second kappa shape index (κ2) is 4.84. The Bertz CT molecular complexity index is 630. The van der Waals surface area contributed by atoms with E-state index in [-0.39, 0.29) is 0 Å². The van der Waals surface area contributed by atoms with Crippen LogP contribution < -0.4 is 0 Å². The van der Waals surface area contributed by atoms with E-state index in [1.807, 2.05) is 46.4 Å². The molecule has 2 heterocycles. The monoisotopic (exact) mass is 322 g/mol. The molecule has 1 unspecified atom stereocenters. The van der Waals surface area contributed by atoms with Crippen molar-refractivity contribution in [3.8, 4) is 0 Å². The van der Waals surface area contributed by atoms with Crippen LogP contribution in [-0.4, -0.2) is 14.5 Å². The fourth-order valence-corrected chi connectivity index (χ4v) is 2.86. The van der Waals surface area contributed by atoms with Crippen LogP contribution in [0.25, 0.3) is 4.96 Å². The van der Waals surface area contributed by atoms with Gasteiger partial charge in [0, 0.05) is 28.7 Å². The lowest BCUT2D eigenvalue weighted by Gasteiger charge is -2.09. The molecule has 3 rings (SSSR count). The van der Waals surface area contributed by atoms with Crippen LogP contribution in [0.2, 0.25) is 0 Å². The summed E-state index contributed by atoms with van der Waals surface area (Å²) in [6, 6.07) is 7.72. The highest BCUT2D eigenvalue weighted by atomic mass is 79.9. The minimum absolute atomic E-state index is 0.511. The summed E-state index contributed by atoms with van der Waals surface area (Å²) in [5, 5.41) is 12.2. The number of aromatic nitrogens is 2. The van der Waals surface area contributed by atoms with Gasteiger partial charge in [0.1, 0.15) is 0 Å². The molecule has 0 saturated heterocycles. The minimum Gasteiger partial charge on any atom is -0.388 e. The fraction of sp³-hybridized carbons (Fsp3) is 0.154. The molecule has 0 radical (unpaired) electrons. The molecule has 0 amide bonds. The molecular weight excluding hydrogens is 312 g/mol. The predicted molar refractivity (Wildman–Crippen MR) is 75.9 cm³/mol. The highest BCUT2D eigenvalue weighted by molar-refractivity contribution is 9.10. The highest BCUT2D eigenvalue weighted by Crippen LogP contribution is 2.21. The van der Waals surface area contributed by atoms with Crippen molar-refractivity contribution in [2.75, 3.05) is 0 Å². The number of thiazole rings is 1. The Kier molecular flexibility index (Phi) is 3.20. The van der Waals surface area contributed by atoms with Crippen molar-refractivity contribution in [3.05, 3.63) is 57.8 Å². The van der Waals surface area contributed by atoms with E-state index in [9.17, 15) is 5.11 Å². The van der Waals surface area contributed by atoms with Crippen molar-refractivity contribution in [3.63, 3.8) is 0 Å². The maximum absolute atomic E-state index is 10.2. The van der Waals surface area contributed by atoms with Crippen LogP contribution in [0.3, 0.4) is 0 Å². The molecule has 0 saturated carbocycles. The smallest absolute Gasteiger partial charge is 0.193 e. The molecule has 5 heteroatoms. The first-order valence-corrected chi connectivity index (χ1v) is 7.24. The summed E-state index contributed by atoms with van der Waals surface area (Å²) in [4.78, 5) is 5.43. The largest absolute Gasteiger partial charge is 0.388 e. The number of imidazole rings is 1. The lowest BCUT2D eigenvalue weighted by molar-refractivity contribution is 0.177. The van der Waals surface area contributed by atoms with E-state index in [2.05, 4.69) is 20.9 Å². The SMILES string of the molecule is OC(Cc1cn2ccsc2n1)c1ccc(Br)cc1. The molecule has 18 heavy (non-hydrogen) atoms. The van der Waals surface area contributed by atoms with Gasteiger partial charge in [-0.15, -0.1) is 11.3 Å². The van der Waals surface area contributed by atoms with Crippen LogP contribution in [0.4, 0.5) is 0 Å².